The van der Waals surface area contributed by atoms with Crippen LogP contribution in [0.4, 0.5) is 24.5 Å². The molecule has 2 N–H and O–H groups in total. The molecule has 0 aliphatic carbocycles. The number of nitrogens with one attached hydrogen (secondary N) is 2. The molecule has 46 heavy (non-hydrogen) atoms. The van der Waals surface area contributed by atoms with Crippen LogP contribution in [0.2, 0.25) is 0 Å². The lowest BCUT2D eigenvalue weighted by Crippen LogP contribution is -2.41. The highest BCUT2D eigenvalue weighted by Crippen LogP contribution is 2.35. The van der Waals surface area contributed by atoms with Crippen molar-refractivity contribution in [1.29, 1.82) is 0 Å². The van der Waals surface area contributed by atoms with Gasteiger partial charge in [-0.05, 0) is 77.9 Å². The molecule has 7 nitrogen and oxygen atoms in total. The number of carbonyl (C=O) groups is 3. The molecule has 4 aromatic carbocycles. The average molecular weight is 630 g/mol. The maximum Gasteiger partial charge on any atom is 0.416 e. The van der Waals surface area contributed by atoms with Crippen molar-refractivity contribution in [3.8, 4) is 11.1 Å². The Morgan fingerprint density at radius 2 is 1.48 bits per heavy atom. The van der Waals surface area contributed by atoms with Gasteiger partial charge < -0.3 is 20.3 Å². The summed E-state index contributed by atoms with van der Waals surface area (Å²) in [7, 11) is 1.28. The summed E-state index contributed by atoms with van der Waals surface area (Å²) in [5.41, 5.74) is 3.10. The van der Waals surface area contributed by atoms with Crippen molar-refractivity contribution in [2.24, 2.45) is 5.92 Å². The van der Waals surface area contributed by atoms with Crippen molar-refractivity contribution in [3.05, 3.63) is 120 Å². The van der Waals surface area contributed by atoms with Gasteiger partial charge in [0.15, 0.2) is 0 Å². The Labute approximate surface area is 265 Å². The number of piperidine rings is 1. The van der Waals surface area contributed by atoms with Crippen LogP contribution in [0.25, 0.3) is 11.1 Å². The van der Waals surface area contributed by atoms with E-state index in [0.717, 1.165) is 49.3 Å². The van der Waals surface area contributed by atoms with Gasteiger partial charge in [-0.15, -0.1) is 0 Å². The van der Waals surface area contributed by atoms with Gasteiger partial charge in [-0.3, -0.25) is 14.4 Å². The van der Waals surface area contributed by atoms with E-state index in [1.807, 2.05) is 54.6 Å². The molecular formula is C36H34F3N3O4. The van der Waals surface area contributed by atoms with Crippen LogP contribution in [-0.4, -0.2) is 44.5 Å². The summed E-state index contributed by atoms with van der Waals surface area (Å²) in [6.45, 7) is 1.27. The summed E-state index contributed by atoms with van der Waals surface area (Å²) in [4.78, 5) is 40.3. The molecule has 0 bridgehead atoms. The molecule has 1 aliphatic rings. The zero-order valence-corrected chi connectivity index (χ0v) is 25.2. The third-order valence-electron chi connectivity index (χ3n) is 8.27. The fourth-order valence-electron chi connectivity index (χ4n) is 5.86. The van der Waals surface area contributed by atoms with E-state index in [9.17, 15) is 27.6 Å². The number of carbonyl (C=O) groups excluding carboxylic acids is 3. The minimum atomic E-state index is -4.44. The molecule has 1 saturated heterocycles. The van der Waals surface area contributed by atoms with Crippen LogP contribution in [-0.2, 0) is 20.5 Å². The normalized spacial score (nSPS) is 14.3. The summed E-state index contributed by atoms with van der Waals surface area (Å²) < 4.78 is 43.7. The second-order valence-corrected chi connectivity index (χ2v) is 11.1. The van der Waals surface area contributed by atoms with E-state index in [1.165, 1.54) is 19.2 Å². The summed E-state index contributed by atoms with van der Waals surface area (Å²) in [6, 6.07) is 28.6. The highest BCUT2D eigenvalue weighted by Gasteiger charge is 2.33. The molecule has 1 heterocycles. The first-order valence-electron chi connectivity index (χ1n) is 15.0. The Balaban J connectivity index is 1.22. The lowest BCUT2D eigenvalue weighted by molar-refractivity contribution is -0.141. The first kappa shape index (κ1) is 32.3. The largest absolute Gasteiger partial charge is 0.468 e. The average Bonchev–Trinajstić information content (AvgIpc) is 3.08. The van der Waals surface area contributed by atoms with Gasteiger partial charge in [0.05, 0.1) is 18.6 Å². The van der Waals surface area contributed by atoms with Gasteiger partial charge in [0.1, 0.15) is 6.54 Å². The monoisotopic (exact) mass is 629 g/mol. The van der Waals surface area contributed by atoms with Crippen LogP contribution in [0.3, 0.4) is 0 Å². The molecule has 0 radical (unpaired) electrons. The second kappa shape index (κ2) is 14.3. The second-order valence-electron chi connectivity index (χ2n) is 11.1. The highest BCUT2D eigenvalue weighted by molar-refractivity contribution is 6.08. The maximum absolute atomic E-state index is 13.2. The first-order chi connectivity index (χ1) is 22.1. The van der Waals surface area contributed by atoms with Gasteiger partial charge in [-0.2, -0.15) is 13.2 Å². The number of hydrogen-bond acceptors (Lipinski definition) is 5. The Morgan fingerprint density at radius 3 is 2.11 bits per heavy atom. The van der Waals surface area contributed by atoms with Crippen LogP contribution in [0.1, 0.15) is 40.2 Å². The van der Waals surface area contributed by atoms with Gasteiger partial charge in [0.2, 0.25) is 5.91 Å². The number of methoxy groups -OCH3 is 1. The van der Waals surface area contributed by atoms with E-state index in [2.05, 4.69) is 20.3 Å². The zero-order valence-electron chi connectivity index (χ0n) is 25.2. The van der Waals surface area contributed by atoms with Gasteiger partial charge in [-0.25, -0.2) is 0 Å². The van der Waals surface area contributed by atoms with Crippen LogP contribution >= 0.6 is 0 Å². The summed E-state index contributed by atoms with van der Waals surface area (Å²) in [6.07, 6.45) is -2.90. The lowest BCUT2D eigenvalue weighted by Gasteiger charge is -2.37. The molecule has 238 valence electrons. The van der Waals surface area contributed by atoms with E-state index >= 15 is 0 Å². The van der Waals surface area contributed by atoms with E-state index in [4.69, 9.17) is 0 Å². The topological polar surface area (TPSA) is 87.7 Å². The van der Waals surface area contributed by atoms with E-state index in [1.54, 1.807) is 24.3 Å². The molecule has 1 unspecified atom stereocenters. The number of rotatable bonds is 9. The highest BCUT2D eigenvalue weighted by atomic mass is 19.4. The van der Waals surface area contributed by atoms with Crippen LogP contribution in [0, 0.1) is 5.92 Å². The van der Waals surface area contributed by atoms with E-state index < -0.39 is 23.6 Å². The van der Waals surface area contributed by atoms with Crippen molar-refractivity contribution in [3.63, 3.8) is 0 Å². The standard InChI is InChI=1S/C36H34F3N3O4/c1-46-32(43)23-40-35(45)33(25-7-3-2-4-8-25)26-19-21-42(22-20-26)29-17-15-28(16-18-29)41-34(44)31-10-6-5-9-30(31)24-11-13-27(14-12-24)36(37,38)39/h2-18,26,33H,19-23H2,1H3,(H,40,45)(H,41,44). The van der Waals surface area contributed by atoms with E-state index in [-0.39, 0.29) is 24.3 Å². The van der Waals surface area contributed by atoms with Crippen LogP contribution in [0.5, 0.6) is 0 Å². The molecule has 0 spiro atoms. The quantitative estimate of drug-likeness (QED) is 0.197. The molecule has 0 aromatic heterocycles. The molecular weight excluding hydrogens is 595 g/mol. The van der Waals surface area contributed by atoms with Crippen molar-refractivity contribution in [2.45, 2.75) is 24.9 Å². The number of amides is 2. The van der Waals surface area contributed by atoms with Crippen molar-refractivity contribution >= 4 is 29.2 Å². The van der Waals surface area contributed by atoms with Gasteiger partial charge in [-0.1, -0.05) is 60.7 Å². The molecule has 10 heteroatoms. The third kappa shape index (κ3) is 7.74. The Morgan fingerprint density at radius 1 is 0.848 bits per heavy atom. The molecule has 0 saturated carbocycles. The predicted molar refractivity (Wildman–Crippen MR) is 170 cm³/mol. The summed E-state index contributed by atoms with van der Waals surface area (Å²) >= 11 is 0. The number of anilines is 2. The third-order valence-corrected chi connectivity index (χ3v) is 8.27. The zero-order chi connectivity index (χ0) is 32.7. The SMILES string of the molecule is COC(=O)CNC(=O)C(c1ccccc1)C1CCN(c2ccc(NC(=O)c3ccccc3-c3ccc(C(F)(F)F)cc3)cc2)CC1. The number of benzene rings is 4. The Bertz CT molecular complexity index is 1650. The Hall–Kier alpha value is -5.12. The van der Waals surface area contributed by atoms with Crippen molar-refractivity contribution in [2.75, 3.05) is 37.0 Å². The first-order valence-corrected chi connectivity index (χ1v) is 15.0. The minimum absolute atomic E-state index is 0.0830. The maximum atomic E-state index is 13.2. The lowest BCUT2D eigenvalue weighted by atomic mass is 9.79. The summed E-state index contributed by atoms with van der Waals surface area (Å²) in [5, 5.41) is 5.62. The van der Waals surface area contributed by atoms with Gasteiger partial charge >= 0.3 is 12.1 Å². The molecule has 4 aromatic rings. The molecule has 5 rings (SSSR count). The van der Waals surface area contributed by atoms with Gasteiger partial charge in [0, 0.05) is 30.0 Å². The van der Waals surface area contributed by atoms with E-state index in [0.29, 0.717) is 22.4 Å². The molecule has 1 atom stereocenters. The van der Waals surface area contributed by atoms with Crippen LogP contribution in [0.15, 0.2) is 103 Å². The fraction of sp³-hybridized carbons (Fsp3) is 0.250. The number of hydrogen-bond donors (Lipinski definition) is 2. The number of esters is 1. The number of halogens is 3. The predicted octanol–water partition coefficient (Wildman–Crippen LogP) is 6.91. The molecule has 1 fully saturated rings. The molecule has 1 aliphatic heterocycles. The number of ether oxygens (including phenoxy) is 1. The fourth-order valence-corrected chi connectivity index (χ4v) is 5.86. The van der Waals surface area contributed by atoms with Crippen molar-refractivity contribution in [1.82, 2.24) is 5.32 Å². The number of nitrogens with zero attached hydrogens (tertiary/aromatic N) is 1. The Kier molecular flexibility index (Phi) is 10.0. The minimum Gasteiger partial charge on any atom is -0.468 e. The molecule has 2 amide bonds. The smallest absolute Gasteiger partial charge is 0.416 e. The number of alkyl halides is 3. The van der Waals surface area contributed by atoms with Gasteiger partial charge in [0.25, 0.3) is 5.91 Å². The van der Waals surface area contributed by atoms with Crippen LogP contribution < -0.4 is 15.5 Å². The van der Waals surface area contributed by atoms with Crippen molar-refractivity contribution < 1.29 is 32.3 Å². The summed E-state index contributed by atoms with van der Waals surface area (Å²) in [5.74, 6) is -1.38.